The van der Waals surface area contributed by atoms with Crippen molar-refractivity contribution in [3.8, 4) is 0 Å². The van der Waals surface area contributed by atoms with Crippen molar-refractivity contribution >= 4 is 23.2 Å². The molecule has 13 heavy (non-hydrogen) atoms. The highest BCUT2D eigenvalue weighted by molar-refractivity contribution is 6.48. The second kappa shape index (κ2) is 4.35. The molecular formula is C9H17Cl2NO. The Morgan fingerprint density at radius 2 is 2.08 bits per heavy atom. The molecule has 0 saturated carbocycles. The molecule has 0 aromatic carbocycles. The Balaban J connectivity index is 2.74. The second-order valence-electron chi connectivity index (χ2n) is 3.78. The fraction of sp³-hybridized carbons (Fsp3) is 1.00. The zero-order valence-electron chi connectivity index (χ0n) is 8.39. The third-order valence-corrected chi connectivity index (χ3v) is 3.23. The van der Waals surface area contributed by atoms with Gasteiger partial charge in [0.15, 0.2) is 4.33 Å². The zero-order chi connectivity index (χ0) is 10.1. The minimum atomic E-state index is -0.753. The van der Waals surface area contributed by atoms with Gasteiger partial charge in [0.25, 0.3) is 0 Å². The number of methoxy groups -OCH3 is 1. The SMILES string of the molecule is COC1N(C(C)C)CCCC1(Cl)Cl. The van der Waals surface area contributed by atoms with Crippen LogP contribution in [0.5, 0.6) is 0 Å². The van der Waals surface area contributed by atoms with Gasteiger partial charge in [-0.05, 0) is 26.7 Å². The van der Waals surface area contributed by atoms with Crippen LogP contribution < -0.4 is 0 Å². The van der Waals surface area contributed by atoms with Crippen LogP contribution in [0.3, 0.4) is 0 Å². The summed E-state index contributed by atoms with van der Waals surface area (Å²) in [6.45, 7) is 5.26. The third-order valence-electron chi connectivity index (χ3n) is 2.48. The second-order valence-corrected chi connectivity index (χ2v) is 5.33. The molecule has 1 aliphatic rings. The van der Waals surface area contributed by atoms with Gasteiger partial charge in [0.2, 0.25) is 0 Å². The highest BCUT2D eigenvalue weighted by atomic mass is 35.5. The van der Waals surface area contributed by atoms with Crippen LogP contribution in [0, 0.1) is 0 Å². The van der Waals surface area contributed by atoms with Crippen LogP contribution in [0.4, 0.5) is 0 Å². The van der Waals surface area contributed by atoms with Crippen molar-refractivity contribution < 1.29 is 4.74 Å². The van der Waals surface area contributed by atoms with E-state index in [0.717, 1.165) is 19.4 Å². The van der Waals surface area contributed by atoms with E-state index in [1.54, 1.807) is 7.11 Å². The Bertz CT molecular complexity index is 173. The number of likely N-dealkylation sites (tertiary alicyclic amines) is 1. The quantitative estimate of drug-likeness (QED) is 0.671. The molecule has 1 unspecified atom stereocenters. The largest absolute Gasteiger partial charge is 0.363 e. The maximum Gasteiger partial charge on any atom is 0.157 e. The normalized spacial score (nSPS) is 29.5. The molecular weight excluding hydrogens is 209 g/mol. The summed E-state index contributed by atoms with van der Waals surface area (Å²) in [6, 6.07) is 0.419. The molecule has 0 spiro atoms. The standard InChI is InChI=1S/C9H17Cl2NO/c1-7(2)12-6-4-5-9(10,11)8(12)13-3/h7-8H,4-6H2,1-3H3. The van der Waals surface area contributed by atoms with Gasteiger partial charge in [-0.15, -0.1) is 0 Å². The Hall–Kier alpha value is 0.500. The monoisotopic (exact) mass is 225 g/mol. The lowest BCUT2D eigenvalue weighted by molar-refractivity contribution is -0.0767. The first-order chi connectivity index (χ1) is 5.99. The molecule has 2 nitrogen and oxygen atoms in total. The fourth-order valence-electron chi connectivity index (χ4n) is 1.82. The van der Waals surface area contributed by atoms with Crippen LogP contribution in [-0.2, 0) is 4.74 Å². The minimum Gasteiger partial charge on any atom is -0.363 e. The van der Waals surface area contributed by atoms with E-state index in [1.165, 1.54) is 0 Å². The number of halogens is 2. The first-order valence-corrected chi connectivity index (χ1v) is 5.41. The summed E-state index contributed by atoms with van der Waals surface area (Å²) >= 11 is 12.4. The van der Waals surface area contributed by atoms with Crippen molar-refractivity contribution in [3.63, 3.8) is 0 Å². The average Bonchev–Trinajstić information content (AvgIpc) is 2.02. The molecule has 0 aromatic rings. The minimum absolute atomic E-state index is 0.176. The summed E-state index contributed by atoms with van der Waals surface area (Å²) in [7, 11) is 1.66. The van der Waals surface area contributed by atoms with Gasteiger partial charge in [0.1, 0.15) is 6.23 Å². The maximum absolute atomic E-state index is 6.18. The summed E-state index contributed by atoms with van der Waals surface area (Å²) in [5.41, 5.74) is 0. The Labute approximate surface area is 90.1 Å². The van der Waals surface area contributed by atoms with Gasteiger partial charge in [0, 0.05) is 19.7 Å². The summed E-state index contributed by atoms with van der Waals surface area (Å²) in [5.74, 6) is 0. The molecule has 0 N–H and O–H groups in total. The summed E-state index contributed by atoms with van der Waals surface area (Å²) in [6.07, 6.45) is 1.66. The summed E-state index contributed by atoms with van der Waals surface area (Å²) in [5, 5.41) is 0. The number of nitrogens with zero attached hydrogens (tertiary/aromatic N) is 1. The van der Waals surface area contributed by atoms with Gasteiger partial charge in [0.05, 0.1) is 0 Å². The lowest BCUT2D eigenvalue weighted by Crippen LogP contribution is -2.54. The lowest BCUT2D eigenvalue weighted by atomic mass is 10.1. The molecule has 1 atom stereocenters. The van der Waals surface area contributed by atoms with E-state index in [1.807, 2.05) is 0 Å². The van der Waals surface area contributed by atoms with Crippen LogP contribution in [0.2, 0.25) is 0 Å². The van der Waals surface area contributed by atoms with Crippen LogP contribution in [0.1, 0.15) is 26.7 Å². The lowest BCUT2D eigenvalue weighted by Gasteiger charge is -2.44. The summed E-state index contributed by atoms with van der Waals surface area (Å²) < 4.78 is 4.59. The van der Waals surface area contributed by atoms with Gasteiger partial charge in [-0.2, -0.15) is 0 Å². The Morgan fingerprint density at radius 1 is 1.46 bits per heavy atom. The Kier molecular flexibility index (Phi) is 3.87. The molecule has 78 valence electrons. The van der Waals surface area contributed by atoms with E-state index in [2.05, 4.69) is 18.7 Å². The van der Waals surface area contributed by atoms with Crippen molar-refractivity contribution in [2.45, 2.75) is 43.3 Å². The van der Waals surface area contributed by atoms with Crippen molar-refractivity contribution in [1.82, 2.24) is 4.90 Å². The van der Waals surface area contributed by atoms with Crippen LogP contribution >= 0.6 is 23.2 Å². The topological polar surface area (TPSA) is 12.5 Å². The number of alkyl halides is 2. The highest BCUT2D eigenvalue weighted by Crippen LogP contribution is 2.38. The molecule has 0 bridgehead atoms. The van der Waals surface area contributed by atoms with Gasteiger partial charge in [-0.1, -0.05) is 23.2 Å². The van der Waals surface area contributed by atoms with E-state index >= 15 is 0 Å². The summed E-state index contributed by atoms with van der Waals surface area (Å²) in [4.78, 5) is 2.20. The van der Waals surface area contributed by atoms with Crippen LogP contribution in [-0.4, -0.2) is 35.2 Å². The molecule has 0 radical (unpaired) electrons. The number of rotatable bonds is 2. The predicted molar refractivity (Wildman–Crippen MR) is 56.3 cm³/mol. The van der Waals surface area contributed by atoms with Crippen LogP contribution in [0.25, 0.3) is 0 Å². The maximum atomic E-state index is 6.18. The molecule has 1 heterocycles. The van der Waals surface area contributed by atoms with Gasteiger partial charge >= 0.3 is 0 Å². The van der Waals surface area contributed by atoms with Crippen molar-refractivity contribution in [1.29, 1.82) is 0 Å². The first kappa shape index (κ1) is 11.6. The number of hydrogen-bond acceptors (Lipinski definition) is 2. The number of ether oxygens (including phenoxy) is 1. The number of piperidine rings is 1. The van der Waals surface area contributed by atoms with E-state index in [-0.39, 0.29) is 6.23 Å². The van der Waals surface area contributed by atoms with Crippen molar-refractivity contribution in [2.24, 2.45) is 0 Å². The fourth-order valence-corrected chi connectivity index (χ4v) is 2.51. The molecule has 0 aliphatic carbocycles. The van der Waals surface area contributed by atoms with E-state index < -0.39 is 4.33 Å². The smallest absolute Gasteiger partial charge is 0.157 e. The van der Waals surface area contributed by atoms with Gasteiger partial charge < -0.3 is 4.74 Å². The van der Waals surface area contributed by atoms with E-state index in [0.29, 0.717) is 6.04 Å². The molecule has 1 rings (SSSR count). The Morgan fingerprint density at radius 3 is 2.46 bits per heavy atom. The van der Waals surface area contributed by atoms with Gasteiger partial charge in [-0.25, -0.2) is 0 Å². The average molecular weight is 226 g/mol. The number of hydrogen-bond donors (Lipinski definition) is 0. The molecule has 1 aliphatic heterocycles. The van der Waals surface area contributed by atoms with Crippen molar-refractivity contribution in [2.75, 3.05) is 13.7 Å². The predicted octanol–water partition coefficient (Wildman–Crippen LogP) is 2.64. The molecule has 0 aromatic heterocycles. The molecule has 0 amide bonds. The van der Waals surface area contributed by atoms with Crippen molar-refractivity contribution in [3.05, 3.63) is 0 Å². The zero-order valence-corrected chi connectivity index (χ0v) is 9.90. The molecule has 1 fully saturated rings. The van der Waals surface area contributed by atoms with E-state index in [4.69, 9.17) is 27.9 Å². The molecule has 1 saturated heterocycles. The van der Waals surface area contributed by atoms with Crippen LogP contribution in [0.15, 0.2) is 0 Å². The van der Waals surface area contributed by atoms with Gasteiger partial charge in [-0.3, -0.25) is 4.90 Å². The molecule has 4 heteroatoms. The van der Waals surface area contributed by atoms with E-state index in [9.17, 15) is 0 Å². The third kappa shape index (κ3) is 2.50. The first-order valence-electron chi connectivity index (χ1n) is 4.65. The highest BCUT2D eigenvalue weighted by Gasteiger charge is 2.43.